The molecule has 180 valence electrons. The van der Waals surface area contributed by atoms with Crippen molar-refractivity contribution >= 4 is 23.1 Å². The highest BCUT2D eigenvalue weighted by molar-refractivity contribution is 6.51. The van der Waals surface area contributed by atoms with Gasteiger partial charge in [0.2, 0.25) is 0 Å². The van der Waals surface area contributed by atoms with Crippen LogP contribution in [-0.2, 0) is 9.59 Å². The second-order valence-corrected chi connectivity index (χ2v) is 9.07. The predicted molar refractivity (Wildman–Crippen MR) is 134 cm³/mol. The van der Waals surface area contributed by atoms with E-state index in [2.05, 4.69) is 0 Å². The minimum atomic E-state index is -0.915. The van der Waals surface area contributed by atoms with Crippen LogP contribution in [-0.4, -0.2) is 23.9 Å². The molecule has 3 aromatic rings. The van der Waals surface area contributed by atoms with Crippen LogP contribution in [0.5, 0.6) is 5.75 Å². The molecular formula is C29H28FNO4. The molecule has 1 aliphatic heterocycles. The van der Waals surface area contributed by atoms with Crippen molar-refractivity contribution in [3.63, 3.8) is 0 Å². The third-order valence-corrected chi connectivity index (χ3v) is 6.47. The number of amides is 1. The maximum Gasteiger partial charge on any atom is 0.300 e. The summed E-state index contributed by atoms with van der Waals surface area (Å²) in [5.41, 5.74) is 3.74. The number of hydrogen-bond donors (Lipinski definition) is 1. The molecule has 1 aliphatic rings. The first-order valence-corrected chi connectivity index (χ1v) is 11.5. The summed E-state index contributed by atoms with van der Waals surface area (Å²) in [6, 6.07) is 15.6. The molecule has 0 saturated carbocycles. The number of carbonyl (C=O) groups is 2. The molecule has 35 heavy (non-hydrogen) atoms. The van der Waals surface area contributed by atoms with E-state index in [9.17, 15) is 19.1 Å². The van der Waals surface area contributed by atoms with Gasteiger partial charge in [0.15, 0.2) is 0 Å². The van der Waals surface area contributed by atoms with E-state index >= 15 is 0 Å². The standard InChI is InChI=1S/C29H28FNO4/c1-16(2)22-15-23(18(4)13-24(22)35-5)27(32)25-26(21-12-7-6-9-17(21)3)31(29(34)28(25)33)20-11-8-10-19(30)14-20/h6-16,26,32H,1-5H3/b27-25+. The largest absolute Gasteiger partial charge is 0.507 e. The van der Waals surface area contributed by atoms with E-state index in [1.165, 1.54) is 23.1 Å². The summed E-state index contributed by atoms with van der Waals surface area (Å²) in [4.78, 5) is 28.0. The molecule has 1 saturated heterocycles. The normalized spacial score (nSPS) is 17.3. The number of ether oxygens (including phenoxy) is 1. The van der Waals surface area contributed by atoms with Crippen LogP contribution in [0.4, 0.5) is 10.1 Å². The maximum atomic E-state index is 14.1. The number of halogens is 1. The lowest BCUT2D eigenvalue weighted by atomic mass is 9.89. The summed E-state index contributed by atoms with van der Waals surface area (Å²) in [5.74, 6) is -1.65. The molecule has 1 heterocycles. The Kier molecular flexibility index (Phi) is 6.48. The fourth-order valence-corrected chi connectivity index (χ4v) is 4.64. The summed E-state index contributed by atoms with van der Waals surface area (Å²) < 4.78 is 19.6. The van der Waals surface area contributed by atoms with Gasteiger partial charge in [0, 0.05) is 11.3 Å². The van der Waals surface area contributed by atoms with Gasteiger partial charge >= 0.3 is 0 Å². The first kappa shape index (κ1) is 24.2. The number of rotatable bonds is 5. The Morgan fingerprint density at radius 1 is 1.00 bits per heavy atom. The average Bonchev–Trinajstić information content (AvgIpc) is 3.08. The first-order chi connectivity index (χ1) is 16.6. The van der Waals surface area contributed by atoms with Crippen molar-refractivity contribution in [2.75, 3.05) is 12.0 Å². The van der Waals surface area contributed by atoms with Gasteiger partial charge in [-0.1, -0.05) is 44.2 Å². The monoisotopic (exact) mass is 473 g/mol. The Morgan fingerprint density at radius 2 is 1.71 bits per heavy atom. The van der Waals surface area contributed by atoms with Gasteiger partial charge in [-0.25, -0.2) is 4.39 Å². The van der Waals surface area contributed by atoms with Crippen LogP contribution in [0.2, 0.25) is 0 Å². The minimum Gasteiger partial charge on any atom is -0.507 e. The van der Waals surface area contributed by atoms with Gasteiger partial charge in [-0.3, -0.25) is 14.5 Å². The first-order valence-electron chi connectivity index (χ1n) is 11.5. The van der Waals surface area contributed by atoms with Crippen LogP contribution < -0.4 is 9.64 Å². The SMILES string of the molecule is COc1cc(C)c(/C(O)=C2\C(=O)C(=O)N(c3cccc(F)c3)C2c2ccccc2C)cc1C(C)C. The fraction of sp³-hybridized carbons (Fsp3) is 0.241. The van der Waals surface area contributed by atoms with Crippen molar-refractivity contribution in [2.24, 2.45) is 0 Å². The van der Waals surface area contributed by atoms with E-state index < -0.39 is 23.5 Å². The molecule has 1 N–H and O–H groups in total. The lowest BCUT2D eigenvalue weighted by Crippen LogP contribution is -2.29. The molecule has 5 nitrogen and oxygen atoms in total. The lowest BCUT2D eigenvalue weighted by Gasteiger charge is -2.27. The van der Waals surface area contributed by atoms with Crippen LogP contribution in [0.1, 0.15) is 53.6 Å². The van der Waals surface area contributed by atoms with Gasteiger partial charge in [0.25, 0.3) is 11.7 Å². The summed E-state index contributed by atoms with van der Waals surface area (Å²) in [6.07, 6.45) is 0. The zero-order valence-electron chi connectivity index (χ0n) is 20.4. The van der Waals surface area contributed by atoms with Crippen molar-refractivity contribution in [3.05, 3.63) is 99.9 Å². The molecule has 1 fully saturated rings. The molecule has 0 spiro atoms. The Balaban J connectivity index is 2.01. The predicted octanol–water partition coefficient (Wildman–Crippen LogP) is 6.20. The molecule has 1 atom stereocenters. The number of benzene rings is 3. The second-order valence-electron chi connectivity index (χ2n) is 9.07. The number of Topliss-reactive ketones (excluding diaryl/α,β-unsaturated/α-hetero) is 1. The molecular weight excluding hydrogens is 445 g/mol. The van der Waals surface area contributed by atoms with E-state index in [1.807, 2.05) is 58.0 Å². The summed E-state index contributed by atoms with van der Waals surface area (Å²) in [6.45, 7) is 7.70. The van der Waals surface area contributed by atoms with Crippen molar-refractivity contribution in [2.45, 2.75) is 39.7 Å². The number of nitrogens with zero attached hydrogens (tertiary/aromatic N) is 1. The zero-order valence-corrected chi connectivity index (χ0v) is 20.4. The van der Waals surface area contributed by atoms with Crippen molar-refractivity contribution in [1.29, 1.82) is 0 Å². The number of aliphatic hydroxyl groups excluding tert-OH is 1. The average molecular weight is 474 g/mol. The maximum absolute atomic E-state index is 14.1. The van der Waals surface area contributed by atoms with Crippen molar-refractivity contribution < 1.29 is 23.8 Å². The smallest absolute Gasteiger partial charge is 0.300 e. The number of carbonyl (C=O) groups excluding carboxylic acids is 2. The van der Waals surface area contributed by atoms with Crippen LogP contribution >= 0.6 is 0 Å². The number of aryl methyl sites for hydroxylation is 2. The third-order valence-electron chi connectivity index (χ3n) is 6.47. The third kappa shape index (κ3) is 4.20. The number of hydrogen-bond acceptors (Lipinski definition) is 4. The fourth-order valence-electron chi connectivity index (χ4n) is 4.64. The molecule has 0 aliphatic carbocycles. The quantitative estimate of drug-likeness (QED) is 0.272. The van der Waals surface area contributed by atoms with E-state index in [0.29, 0.717) is 22.4 Å². The van der Waals surface area contributed by atoms with Gasteiger partial charge in [0.05, 0.1) is 18.7 Å². The Labute approximate surface area is 204 Å². The summed E-state index contributed by atoms with van der Waals surface area (Å²) in [5, 5.41) is 11.6. The van der Waals surface area contributed by atoms with Gasteiger partial charge in [-0.2, -0.15) is 0 Å². The van der Waals surface area contributed by atoms with Crippen LogP contribution in [0.15, 0.2) is 66.2 Å². The van der Waals surface area contributed by atoms with Gasteiger partial charge < -0.3 is 9.84 Å². The summed E-state index contributed by atoms with van der Waals surface area (Å²) in [7, 11) is 1.59. The van der Waals surface area contributed by atoms with Gasteiger partial charge in [-0.15, -0.1) is 0 Å². The highest BCUT2D eigenvalue weighted by Gasteiger charge is 2.47. The topological polar surface area (TPSA) is 66.8 Å². The highest BCUT2D eigenvalue weighted by atomic mass is 19.1. The van der Waals surface area contributed by atoms with Gasteiger partial charge in [0.1, 0.15) is 17.3 Å². The van der Waals surface area contributed by atoms with Crippen molar-refractivity contribution in [3.8, 4) is 5.75 Å². The molecule has 0 radical (unpaired) electrons. The van der Waals surface area contributed by atoms with Gasteiger partial charge in [-0.05, 0) is 72.4 Å². The summed E-state index contributed by atoms with van der Waals surface area (Å²) >= 11 is 0. The van der Waals surface area contributed by atoms with E-state index in [-0.39, 0.29) is 22.9 Å². The molecule has 0 aromatic heterocycles. The molecule has 1 unspecified atom stereocenters. The Hall–Kier alpha value is -3.93. The van der Waals surface area contributed by atoms with E-state index in [4.69, 9.17) is 4.74 Å². The molecule has 4 rings (SSSR count). The number of methoxy groups -OCH3 is 1. The van der Waals surface area contributed by atoms with E-state index in [0.717, 1.165) is 11.1 Å². The number of ketones is 1. The minimum absolute atomic E-state index is 0.0310. The molecule has 6 heteroatoms. The lowest BCUT2D eigenvalue weighted by molar-refractivity contribution is -0.132. The molecule has 3 aromatic carbocycles. The Bertz CT molecular complexity index is 1360. The number of aliphatic hydroxyl groups is 1. The van der Waals surface area contributed by atoms with Crippen LogP contribution in [0.25, 0.3) is 5.76 Å². The van der Waals surface area contributed by atoms with Crippen molar-refractivity contribution in [1.82, 2.24) is 0 Å². The highest BCUT2D eigenvalue weighted by Crippen LogP contribution is 2.44. The molecule has 0 bridgehead atoms. The van der Waals surface area contributed by atoms with Crippen LogP contribution in [0, 0.1) is 19.7 Å². The molecule has 1 amide bonds. The second kappa shape index (κ2) is 9.37. The zero-order chi connectivity index (χ0) is 25.4. The Morgan fingerprint density at radius 3 is 2.34 bits per heavy atom. The number of anilines is 1. The van der Waals surface area contributed by atoms with E-state index in [1.54, 1.807) is 19.2 Å². The van der Waals surface area contributed by atoms with Crippen LogP contribution in [0.3, 0.4) is 0 Å².